The molecule has 0 heterocycles. The molecule has 0 aliphatic rings. The third-order valence-corrected chi connectivity index (χ3v) is 2.95. The molecule has 1 aromatic carbocycles. The van der Waals surface area contributed by atoms with E-state index in [1.807, 2.05) is 18.2 Å². The van der Waals surface area contributed by atoms with Crippen LogP contribution >= 0.6 is 11.6 Å². The van der Waals surface area contributed by atoms with E-state index >= 15 is 0 Å². The van der Waals surface area contributed by atoms with E-state index in [0.29, 0.717) is 5.92 Å². The minimum Gasteiger partial charge on any atom is -0.493 e. The van der Waals surface area contributed by atoms with Gasteiger partial charge in [0, 0.05) is 5.02 Å². The fourth-order valence-electron chi connectivity index (χ4n) is 1.82. The van der Waals surface area contributed by atoms with Gasteiger partial charge in [0.25, 0.3) is 0 Å². The lowest BCUT2D eigenvalue weighted by atomic mass is 9.97. The molecule has 3 heteroatoms. The minimum absolute atomic E-state index is 0.558. The maximum atomic E-state index is 6.03. The minimum atomic E-state index is 0.558. The first kappa shape index (κ1) is 14.3. The van der Waals surface area contributed by atoms with Gasteiger partial charge in [0.15, 0.2) is 0 Å². The van der Waals surface area contributed by atoms with Gasteiger partial charge in [0.1, 0.15) is 5.75 Å². The lowest BCUT2D eigenvalue weighted by Crippen LogP contribution is -2.09. The molecule has 0 amide bonds. The second-order valence-electron chi connectivity index (χ2n) is 4.49. The monoisotopic (exact) mass is 255 g/mol. The number of rotatable bonds is 7. The molecule has 0 aliphatic heterocycles. The van der Waals surface area contributed by atoms with Gasteiger partial charge in [0.05, 0.1) is 6.61 Å². The Bertz CT molecular complexity index is 341. The normalized spacial score (nSPS) is 12.5. The summed E-state index contributed by atoms with van der Waals surface area (Å²) in [4.78, 5) is 0. The SMILES string of the molecule is CCCOc1ccc(Cl)cc1CC(C)CCN. The summed E-state index contributed by atoms with van der Waals surface area (Å²) in [5.74, 6) is 1.52. The van der Waals surface area contributed by atoms with Crippen molar-refractivity contribution < 1.29 is 4.74 Å². The first-order chi connectivity index (χ1) is 8.17. The summed E-state index contributed by atoms with van der Waals surface area (Å²) in [5, 5.41) is 0.767. The van der Waals surface area contributed by atoms with Crippen LogP contribution < -0.4 is 10.5 Å². The van der Waals surface area contributed by atoms with Gasteiger partial charge in [-0.15, -0.1) is 0 Å². The van der Waals surface area contributed by atoms with E-state index in [1.54, 1.807) is 0 Å². The Morgan fingerprint density at radius 1 is 1.41 bits per heavy atom. The van der Waals surface area contributed by atoms with E-state index < -0.39 is 0 Å². The molecule has 0 saturated heterocycles. The van der Waals surface area contributed by atoms with Crippen LogP contribution in [0.4, 0.5) is 0 Å². The van der Waals surface area contributed by atoms with Crippen molar-refractivity contribution in [3.8, 4) is 5.75 Å². The summed E-state index contributed by atoms with van der Waals surface area (Å²) < 4.78 is 5.73. The van der Waals surface area contributed by atoms with E-state index in [-0.39, 0.29) is 0 Å². The number of hydrogen-bond donors (Lipinski definition) is 1. The molecule has 0 fully saturated rings. The van der Waals surface area contributed by atoms with E-state index in [0.717, 1.165) is 43.2 Å². The van der Waals surface area contributed by atoms with E-state index in [1.165, 1.54) is 5.56 Å². The molecule has 96 valence electrons. The van der Waals surface area contributed by atoms with Crippen molar-refractivity contribution in [3.05, 3.63) is 28.8 Å². The van der Waals surface area contributed by atoms with Crippen LogP contribution in [0, 0.1) is 5.92 Å². The zero-order valence-electron chi connectivity index (χ0n) is 10.7. The second kappa shape index (κ2) is 7.57. The van der Waals surface area contributed by atoms with Gasteiger partial charge in [-0.05, 0) is 55.5 Å². The molecule has 2 N–H and O–H groups in total. The predicted octanol–water partition coefficient (Wildman–Crippen LogP) is 3.66. The quantitative estimate of drug-likeness (QED) is 0.807. The predicted molar refractivity (Wildman–Crippen MR) is 73.8 cm³/mol. The number of nitrogens with two attached hydrogens (primary N) is 1. The van der Waals surface area contributed by atoms with Gasteiger partial charge < -0.3 is 10.5 Å². The van der Waals surface area contributed by atoms with E-state index in [2.05, 4.69) is 13.8 Å². The average molecular weight is 256 g/mol. The Morgan fingerprint density at radius 2 is 2.18 bits per heavy atom. The van der Waals surface area contributed by atoms with Crippen LogP contribution in [0.3, 0.4) is 0 Å². The lowest BCUT2D eigenvalue weighted by molar-refractivity contribution is 0.312. The Balaban J connectivity index is 2.75. The number of benzene rings is 1. The molecular weight excluding hydrogens is 234 g/mol. The molecule has 0 aliphatic carbocycles. The Morgan fingerprint density at radius 3 is 2.82 bits per heavy atom. The topological polar surface area (TPSA) is 35.2 Å². The third-order valence-electron chi connectivity index (χ3n) is 2.71. The van der Waals surface area contributed by atoms with Crippen molar-refractivity contribution in [1.82, 2.24) is 0 Å². The van der Waals surface area contributed by atoms with Gasteiger partial charge >= 0.3 is 0 Å². The second-order valence-corrected chi connectivity index (χ2v) is 4.92. The fourth-order valence-corrected chi connectivity index (χ4v) is 2.02. The highest BCUT2D eigenvalue weighted by Crippen LogP contribution is 2.26. The van der Waals surface area contributed by atoms with Crippen molar-refractivity contribution in [2.24, 2.45) is 11.7 Å². The van der Waals surface area contributed by atoms with Crippen LogP contribution in [-0.4, -0.2) is 13.2 Å². The molecule has 0 aromatic heterocycles. The highest BCUT2D eigenvalue weighted by atomic mass is 35.5. The highest BCUT2D eigenvalue weighted by molar-refractivity contribution is 6.30. The summed E-state index contributed by atoms with van der Waals surface area (Å²) in [5.41, 5.74) is 6.76. The summed E-state index contributed by atoms with van der Waals surface area (Å²) in [6.07, 6.45) is 3.01. The standard InChI is InChI=1S/C14H22ClNO/c1-3-8-17-14-5-4-13(15)10-12(14)9-11(2)6-7-16/h4-5,10-11H,3,6-9,16H2,1-2H3. The molecule has 1 atom stereocenters. The maximum absolute atomic E-state index is 6.03. The summed E-state index contributed by atoms with van der Waals surface area (Å²) in [7, 11) is 0. The highest BCUT2D eigenvalue weighted by Gasteiger charge is 2.09. The van der Waals surface area contributed by atoms with Gasteiger partial charge in [-0.3, -0.25) is 0 Å². The zero-order chi connectivity index (χ0) is 12.7. The first-order valence-corrected chi connectivity index (χ1v) is 6.66. The molecule has 0 saturated carbocycles. The molecule has 2 nitrogen and oxygen atoms in total. The molecule has 0 bridgehead atoms. The van der Waals surface area contributed by atoms with Gasteiger partial charge in [-0.1, -0.05) is 25.4 Å². The Hall–Kier alpha value is -0.730. The van der Waals surface area contributed by atoms with Crippen molar-refractivity contribution in [1.29, 1.82) is 0 Å². The zero-order valence-corrected chi connectivity index (χ0v) is 11.5. The largest absolute Gasteiger partial charge is 0.493 e. The number of ether oxygens (including phenoxy) is 1. The first-order valence-electron chi connectivity index (χ1n) is 6.28. The number of halogens is 1. The van der Waals surface area contributed by atoms with Gasteiger partial charge in [-0.25, -0.2) is 0 Å². The van der Waals surface area contributed by atoms with Crippen LogP contribution in [0.5, 0.6) is 5.75 Å². The van der Waals surface area contributed by atoms with Crippen molar-refractivity contribution in [2.75, 3.05) is 13.2 Å². The molecule has 1 unspecified atom stereocenters. The molecule has 1 rings (SSSR count). The summed E-state index contributed by atoms with van der Waals surface area (Å²) in [6, 6.07) is 5.84. The molecule has 1 aromatic rings. The smallest absolute Gasteiger partial charge is 0.122 e. The van der Waals surface area contributed by atoms with Crippen molar-refractivity contribution >= 4 is 11.6 Å². The van der Waals surface area contributed by atoms with Crippen LogP contribution in [0.25, 0.3) is 0 Å². The van der Waals surface area contributed by atoms with E-state index in [9.17, 15) is 0 Å². The maximum Gasteiger partial charge on any atom is 0.122 e. The summed E-state index contributed by atoms with van der Waals surface area (Å²) in [6.45, 7) is 5.79. The molecule has 0 radical (unpaired) electrons. The van der Waals surface area contributed by atoms with Crippen LogP contribution in [0.15, 0.2) is 18.2 Å². The van der Waals surface area contributed by atoms with Crippen LogP contribution in [0.2, 0.25) is 5.02 Å². The van der Waals surface area contributed by atoms with Gasteiger partial charge in [0.2, 0.25) is 0 Å². The van der Waals surface area contributed by atoms with Crippen molar-refractivity contribution in [3.63, 3.8) is 0 Å². The Kier molecular flexibility index (Phi) is 6.38. The summed E-state index contributed by atoms with van der Waals surface area (Å²) >= 11 is 6.03. The van der Waals surface area contributed by atoms with Crippen LogP contribution in [-0.2, 0) is 6.42 Å². The number of hydrogen-bond acceptors (Lipinski definition) is 2. The Labute approximate surface area is 109 Å². The van der Waals surface area contributed by atoms with Gasteiger partial charge in [-0.2, -0.15) is 0 Å². The molecular formula is C14H22ClNO. The third kappa shape index (κ3) is 4.97. The van der Waals surface area contributed by atoms with E-state index in [4.69, 9.17) is 22.1 Å². The molecule has 0 spiro atoms. The average Bonchev–Trinajstić information content (AvgIpc) is 2.28. The lowest BCUT2D eigenvalue weighted by Gasteiger charge is -2.15. The van der Waals surface area contributed by atoms with Crippen LogP contribution in [0.1, 0.15) is 32.3 Å². The molecule has 17 heavy (non-hydrogen) atoms. The van der Waals surface area contributed by atoms with Crippen molar-refractivity contribution in [2.45, 2.75) is 33.1 Å². The fraction of sp³-hybridized carbons (Fsp3) is 0.571.